The van der Waals surface area contributed by atoms with E-state index in [1.807, 2.05) is 0 Å². The second kappa shape index (κ2) is 43.1. The van der Waals surface area contributed by atoms with Crippen LogP contribution in [0, 0.1) is 0 Å². The first-order valence-corrected chi connectivity index (χ1v) is 14.0. The van der Waals surface area contributed by atoms with Crippen LogP contribution in [-0.2, 0) is 33.4 Å². The van der Waals surface area contributed by atoms with Gasteiger partial charge in [0, 0.05) is 11.9 Å². The summed E-state index contributed by atoms with van der Waals surface area (Å²) in [4.78, 5) is 43.1. The Morgan fingerprint density at radius 3 is 1.80 bits per heavy atom. The van der Waals surface area contributed by atoms with E-state index in [1.54, 1.807) is 0 Å². The Hall–Kier alpha value is 2.04. The van der Waals surface area contributed by atoms with Crippen LogP contribution >= 0.6 is 0 Å². The summed E-state index contributed by atoms with van der Waals surface area (Å²) in [7, 11) is 0. The summed E-state index contributed by atoms with van der Waals surface area (Å²) >= 11 is 0. The van der Waals surface area contributed by atoms with Gasteiger partial charge >= 0.3 is 118 Å². The zero-order valence-corrected chi connectivity index (χ0v) is 35.8. The number of rotatable bonds is 29. The summed E-state index contributed by atoms with van der Waals surface area (Å²) in [5, 5.41) is 32.0. The van der Waals surface area contributed by atoms with Crippen molar-refractivity contribution >= 4 is 24.5 Å². The van der Waals surface area contributed by atoms with E-state index in [2.05, 4.69) is 6.92 Å². The van der Waals surface area contributed by atoms with Crippen molar-refractivity contribution in [3.63, 3.8) is 0 Å². The van der Waals surface area contributed by atoms with Gasteiger partial charge in [-0.3, -0.25) is 6.29 Å². The summed E-state index contributed by atoms with van der Waals surface area (Å²) in [5.74, 6) is -2.56. The molecule has 0 aliphatic heterocycles. The molecular formula is C28H48Na4O12-2. The van der Waals surface area contributed by atoms with E-state index in [0.29, 0.717) is 12.8 Å². The second-order valence-electron chi connectivity index (χ2n) is 9.64. The van der Waals surface area contributed by atoms with E-state index in [4.69, 9.17) is 14.2 Å². The molecule has 0 aromatic heterocycles. The van der Waals surface area contributed by atoms with Gasteiger partial charge in [0.05, 0.1) is 38.6 Å². The van der Waals surface area contributed by atoms with Gasteiger partial charge in [0.2, 0.25) is 0 Å². The molecule has 0 heterocycles. The Morgan fingerprint density at radius 1 is 0.750 bits per heavy atom. The van der Waals surface area contributed by atoms with Gasteiger partial charge in [0.1, 0.15) is 0 Å². The fourth-order valence-corrected chi connectivity index (χ4v) is 4.12. The zero-order chi connectivity index (χ0) is 28.5. The summed E-state index contributed by atoms with van der Waals surface area (Å²) < 4.78 is 16.6. The molecular weight excluding hydrogens is 620 g/mol. The number of carbonyl (C=O) groups excluding carboxylic acids is 4. The molecule has 3 atom stereocenters. The van der Waals surface area contributed by atoms with Crippen molar-refractivity contribution in [2.24, 2.45) is 0 Å². The molecule has 0 aromatic carbocycles. The molecule has 0 spiro atoms. The van der Waals surface area contributed by atoms with Crippen molar-refractivity contribution < 1.29 is 178 Å². The van der Waals surface area contributed by atoms with Crippen LogP contribution in [0.25, 0.3) is 0 Å². The number of carboxylic acids is 2. The van der Waals surface area contributed by atoms with Gasteiger partial charge in [-0.1, -0.05) is 71.1 Å². The molecule has 3 unspecified atom stereocenters. The fraction of sp³-hybridized carbons (Fsp3) is 0.857. The van der Waals surface area contributed by atoms with E-state index in [1.165, 1.54) is 31.8 Å². The van der Waals surface area contributed by atoms with E-state index < -0.39 is 36.5 Å². The normalized spacial score (nSPS) is 12.5. The van der Waals surface area contributed by atoms with Crippen LogP contribution in [0.15, 0.2) is 0 Å². The Bertz CT molecular complexity index is 650. The molecule has 0 radical (unpaired) electrons. The molecule has 44 heavy (non-hydrogen) atoms. The van der Waals surface area contributed by atoms with Crippen molar-refractivity contribution in [1.29, 1.82) is 0 Å². The molecule has 238 valence electrons. The smallest absolute Gasteiger partial charge is 0.870 e. The maximum atomic E-state index is 11.2. The minimum Gasteiger partial charge on any atom is -0.870 e. The van der Waals surface area contributed by atoms with Crippen LogP contribution in [0.4, 0.5) is 0 Å². The largest absolute Gasteiger partial charge is 1.00 e. The number of carbonyl (C=O) groups is 2. The van der Waals surface area contributed by atoms with E-state index >= 15 is 0 Å². The van der Waals surface area contributed by atoms with Crippen molar-refractivity contribution in [2.45, 2.75) is 127 Å². The van der Waals surface area contributed by atoms with Crippen molar-refractivity contribution in [3.05, 3.63) is 0 Å². The van der Waals surface area contributed by atoms with Gasteiger partial charge < -0.3 is 59.7 Å². The number of carboxylic acid groups (broad SMARTS) is 2. The molecule has 0 fully saturated rings. The fourth-order valence-electron chi connectivity index (χ4n) is 4.12. The first kappa shape index (κ1) is 61.3. The monoisotopic (exact) mass is 668 g/mol. The number of hydrogen-bond donors (Lipinski definition) is 1. The third kappa shape index (κ3) is 36.9. The molecule has 0 aliphatic rings. The molecule has 0 bridgehead atoms. The quantitative estimate of drug-likeness (QED) is 0.0446. The molecule has 0 saturated carbocycles. The average Bonchev–Trinajstić information content (AvgIpc) is 2.87. The van der Waals surface area contributed by atoms with Gasteiger partial charge in [-0.2, -0.15) is 0 Å². The van der Waals surface area contributed by atoms with Crippen LogP contribution in [-0.4, -0.2) is 84.8 Å². The third-order valence-corrected chi connectivity index (χ3v) is 6.29. The maximum absolute atomic E-state index is 11.2. The number of unbranched alkanes of at least 4 members (excludes halogenated alkanes) is 9. The summed E-state index contributed by atoms with van der Waals surface area (Å²) in [6.07, 6.45) is 13.0. The van der Waals surface area contributed by atoms with Gasteiger partial charge in [-0.05, 0) is 37.7 Å². The predicted molar refractivity (Wildman–Crippen MR) is 140 cm³/mol. The predicted octanol–water partition coefficient (Wildman–Crippen LogP) is -10.9. The van der Waals surface area contributed by atoms with Gasteiger partial charge in [0.25, 0.3) is 0 Å². The Labute approximate surface area is 352 Å². The first-order valence-electron chi connectivity index (χ1n) is 14.0. The molecule has 0 aromatic rings. The molecule has 0 saturated heterocycles. The minimum absolute atomic E-state index is 0. The first-order chi connectivity index (χ1) is 18.3. The summed E-state index contributed by atoms with van der Waals surface area (Å²) in [6.45, 7) is 2.54. The molecule has 0 rings (SSSR count). The van der Waals surface area contributed by atoms with Crippen molar-refractivity contribution in [1.82, 2.24) is 0 Å². The van der Waals surface area contributed by atoms with Crippen LogP contribution in [0.1, 0.15) is 110 Å². The van der Waals surface area contributed by atoms with Crippen LogP contribution in [0.5, 0.6) is 0 Å². The van der Waals surface area contributed by atoms with Gasteiger partial charge in [-0.25, -0.2) is 6.29 Å². The van der Waals surface area contributed by atoms with Crippen molar-refractivity contribution in [3.8, 4) is 0 Å². The van der Waals surface area contributed by atoms with E-state index in [9.17, 15) is 34.5 Å². The number of ether oxygens (including phenoxy) is 3. The summed E-state index contributed by atoms with van der Waals surface area (Å²) in [5.41, 5.74) is -1.93. The van der Waals surface area contributed by atoms with E-state index in [-0.39, 0.29) is 168 Å². The SMILES string of the molecule is CCCCCCCCC(OCCOCCOC([C-]=O)(C[C-]=O)CC(=O)[O-])C(O)CCCCCCCC(=O)[O-].[Na+].[Na+].[Na+].[Na+].[OH-].[OH-]. The molecule has 12 nitrogen and oxygen atoms in total. The minimum atomic E-state index is -1.93. The molecule has 0 amide bonds. The number of aliphatic hydroxyl groups excluding tert-OH is 1. The second-order valence-corrected chi connectivity index (χ2v) is 9.64. The summed E-state index contributed by atoms with van der Waals surface area (Å²) in [6, 6.07) is 0. The third-order valence-electron chi connectivity index (χ3n) is 6.29. The number of aliphatic hydroxyl groups is 1. The number of aliphatic carboxylic acids is 2. The Balaban J connectivity index is -0.000000456. The van der Waals surface area contributed by atoms with Crippen LogP contribution < -0.4 is 128 Å². The maximum Gasteiger partial charge on any atom is 1.00 e. The topological polar surface area (TPSA) is 222 Å². The van der Waals surface area contributed by atoms with Crippen LogP contribution in [0.3, 0.4) is 0 Å². The Morgan fingerprint density at radius 2 is 1.27 bits per heavy atom. The van der Waals surface area contributed by atoms with Gasteiger partial charge in [-0.15, -0.1) is 6.42 Å². The van der Waals surface area contributed by atoms with Gasteiger partial charge in [0.15, 0.2) is 0 Å². The molecule has 16 heteroatoms. The van der Waals surface area contributed by atoms with Crippen LogP contribution in [0.2, 0.25) is 0 Å². The molecule has 3 N–H and O–H groups in total. The standard InChI is InChI=1S/C28H48O10.4Na.2H2O/c1-2-3-4-5-8-11-14-25(24(31)13-10-7-6-9-12-15-26(32)33)37-20-18-36-19-21-38-28(23-30,16-17-29)22-27(34)35;;;;;;/h24-25,31H,2-16,18-22H2,1H3,(H,32,33)(H,34,35);;;;;2*1H2/q-2;4*+1;;/p-4. The van der Waals surface area contributed by atoms with Crippen molar-refractivity contribution in [2.75, 3.05) is 26.4 Å². The van der Waals surface area contributed by atoms with E-state index in [0.717, 1.165) is 51.4 Å². The number of hydrogen-bond acceptors (Lipinski definition) is 12. The average molecular weight is 669 g/mol. The Kier molecular flexibility index (Phi) is 60.0. The zero-order valence-electron chi connectivity index (χ0n) is 27.8. The molecule has 0 aliphatic carbocycles.